The third-order valence-electron chi connectivity index (χ3n) is 17.1. The van der Waals surface area contributed by atoms with Crippen molar-refractivity contribution in [3.63, 3.8) is 0 Å². The standard InChI is InChI=1S/C70H110N4S5/c1-7-11-15-19-23-27-29-33-37-40-44-57(43-39-35-31-25-21-17-13-9-3)52-59-51-55(5)75-69(59)63-49-47-61(76-63)62-48-50-64(77-62)70-60(54-65(78-70)66-67-68(79-74-73-67)56(6)71-72-66)53-58(45-41-36-32-26-22-18-14-10-4)46-42-38-34-30-28-24-20-16-12-8-2/h47-51,54,57-58H,7-46,52-53H2,1-6H3. The van der Waals surface area contributed by atoms with Crippen LogP contribution in [-0.4, -0.2) is 19.8 Å². The van der Waals surface area contributed by atoms with Crippen molar-refractivity contribution in [3.05, 3.63) is 58.1 Å². The van der Waals surface area contributed by atoms with Crippen molar-refractivity contribution in [2.24, 2.45) is 11.8 Å². The minimum Gasteiger partial charge on any atom is -0.154 e. The van der Waals surface area contributed by atoms with Gasteiger partial charge in [-0.05, 0) is 97.6 Å². The first-order valence-corrected chi connectivity index (χ1v) is 37.3. The Kier molecular flexibility index (Phi) is 33.4. The SMILES string of the molecule is CCCCCCCCCCCCC(CCCCCCCCCC)Cc1cc(C)sc1-c1ccc(-c2ccc(-c3sc(-c4nnc(C)c5snnc45)cc3CC(CCCCCCCCCC)CCCCCCCCCCCC)s2)s1. The van der Waals surface area contributed by atoms with Crippen LogP contribution >= 0.6 is 56.9 Å². The van der Waals surface area contributed by atoms with Gasteiger partial charge in [0.1, 0.15) is 15.9 Å². The Bertz CT molecular complexity index is 2470. The number of nitrogens with zero attached hydrogens (tertiary/aromatic N) is 4. The van der Waals surface area contributed by atoms with Crippen molar-refractivity contribution in [2.45, 2.75) is 311 Å². The minimum atomic E-state index is 0.693. The molecule has 9 heteroatoms. The normalized spacial score (nSPS) is 12.7. The smallest absolute Gasteiger partial charge is 0.136 e. The van der Waals surface area contributed by atoms with Crippen LogP contribution in [0.15, 0.2) is 36.4 Å². The molecule has 0 spiro atoms. The second kappa shape index (κ2) is 40.0. The van der Waals surface area contributed by atoms with E-state index in [4.69, 9.17) is 5.10 Å². The molecule has 4 nitrogen and oxygen atoms in total. The third-order valence-corrected chi connectivity index (χ3v) is 22.9. The molecule has 6 rings (SSSR count). The molecule has 6 heterocycles. The van der Waals surface area contributed by atoms with Crippen molar-refractivity contribution >= 4 is 67.1 Å². The maximum atomic E-state index is 4.83. The summed E-state index contributed by atoms with van der Waals surface area (Å²) in [5.74, 6) is 1.48. The van der Waals surface area contributed by atoms with E-state index in [9.17, 15) is 0 Å². The molecule has 2 atom stereocenters. The van der Waals surface area contributed by atoms with Gasteiger partial charge in [-0.3, -0.25) is 0 Å². The lowest BCUT2D eigenvalue weighted by Gasteiger charge is -2.17. The molecule has 0 aliphatic carbocycles. The molecule has 0 bridgehead atoms. The summed E-state index contributed by atoms with van der Waals surface area (Å²) in [7, 11) is 0. The van der Waals surface area contributed by atoms with Crippen LogP contribution in [0.3, 0.4) is 0 Å². The van der Waals surface area contributed by atoms with Crippen LogP contribution in [0.4, 0.5) is 0 Å². The number of unbranched alkanes of at least 4 members (excludes halogenated alkanes) is 32. The van der Waals surface area contributed by atoms with Crippen LogP contribution in [0.5, 0.6) is 0 Å². The number of aryl methyl sites for hydroxylation is 2. The molecule has 0 radical (unpaired) electrons. The van der Waals surface area contributed by atoms with Crippen LogP contribution in [0, 0.1) is 25.7 Å². The number of fused-ring (bicyclic) bond motifs is 1. The molecule has 6 aromatic rings. The number of hydrogen-bond acceptors (Lipinski definition) is 9. The second-order valence-corrected chi connectivity index (χ2v) is 29.4. The Balaban J connectivity index is 1.17. The van der Waals surface area contributed by atoms with Gasteiger partial charge in [-0.1, -0.05) is 289 Å². The first kappa shape index (κ1) is 65.8. The average molecular weight is 1170 g/mol. The number of hydrogen-bond donors (Lipinski definition) is 0. The molecule has 0 aliphatic heterocycles. The van der Waals surface area contributed by atoms with E-state index in [1.807, 2.05) is 52.3 Å². The molecular weight excluding hydrogens is 1060 g/mol. The Morgan fingerprint density at radius 1 is 0.354 bits per heavy atom. The topological polar surface area (TPSA) is 51.6 Å². The molecule has 440 valence electrons. The van der Waals surface area contributed by atoms with Crippen LogP contribution in [0.25, 0.3) is 50.1 Å². The molecule has 0 aliphatic rings. The molecule has 0 amide bonds. The molecule has 2 unspecified atom stereocenters. The van der Waals surface area contributed by atoms with Crippen molar-refractivity contribution in [1.29, 1.82) is 0 Å². The molecule has 0 saturated carbocycles. The second-order valence-electron chi connectivity index (χ2n) is 24.2. The fraction of sp³-hybridized carbons (Fsp3) is 0.714. The highest BCUT2D eigenvalue weighted by Crippen LogP contribution is 2.48. The van der Waals surface area contributed by atoms with E-state index in [1.54, 1.807) is 5.56 Å². The first-order chi connectivity index (χ1) is 38.9. The first-order valence-electron chi connectivity index (χ1n) is 33.3. The van der Waals surface area contributed by atoms with E-state index < -0.39 is 0 Å². The van der Waals surface area contributed by atoms with Crippen LogP contribution < -0.4 is 0 Å². The quantitative estimate of drug-likeness (QED) is 0.0357. The Hall–Kier alpha value is -2.30. The fourth-order valence-corrected chi connectivity index (χ4v) is 17.5. The molecular formula is C70H110N4S5. The highest BCUT2D eigenvalue weighted by atomic mass is 32.1. The lowest BCUT2D eigenvalue weighted by atomic mass is 9.88. The van der Waals surface area contributed by atoms with Gasteiger partial charge in [0.15, 0.2) is 0 Å². The summed E-state index contributed by atoms with van der Waals surface area (Å²) >= 11 is 9.41. The fourth-order valence-electron chi connectivity index (χ4n) is 12.3. The highest BCUT2D eigenvalue weighted by molar-refractivity contribution is 7.29. The third kappa shape index (κ3) is 24.1. The summed E-state index contributed by atoms with van der Waals surface area (Å²) in [6.07, 6.45) is 58.2. The maximum Gasteiger partial charge on any atom is 0.136 e. The van der Waals surface area contributed by atoms with Crippen molar-refractivity contribution in [3.8, 4) is 39.8 Å². The summed E-state index contributed by atoms with van der Waals surface area (Å²) in [5, 5.41) is 14.1. The van der Waals surface area contributed by atoms with Crippen molar-refractivity contribution < 1.29 is 0 Å². The zero-order valence-corrected chi connectivity index (χ0v) is 55.2. The maximum absolute atomic E-state index is 4.83. The van der Waals surface area contributed by atoms with Gasteiger partial charge in [0.05, 0.1) is 10.6 Å². The Morgan fingerprint density at radius 3 is 1.11 bits per heavy atom. The Labute approximate surface area is 504 Å². The van der Waals surface area contributed by atoms with Gasteiger partial charge in [0.2, 0.25) is 0 Å². The largest absolute Gasteiger partial charge is 0.154 e. The zero-order valence-electron chi connectivity index (χ0n) is 51.1. The van der Waals surface area contributed by atoms with E-state index in [1.165, 1.54) is 319 Å². The van der Waals surface area contributed by atoms with E-state index in [0.717, 1.165) is 33.9 Å². The van der Waals surface area contributed by atoms with Crippen LogP contribution in [0.1, 0.15) is 306 Å². The summed E-state index contributed by atoms with van der Waals surface area (Å²) in [5.41, 5.74) is 5.81. The predicted molar refractivity (Wildman–Crippen MR) is 357 cm³/mol. The molecule has 0 N–H and O–H groups in total. The molecule has 0 saturated heterocycles. The summed E-state index contributed by atoms with van der Waals surface area (Å²) in [6.45, 7) is 13.7. The predicted octanol–water partition coefficient (Wildman–Crippen LogP) is 26.0. The van der Waals surface area contributed by atoms with Gasteiger partial charge in [-0.25, -0.2) is 0 Å². The highest BCUT2D eigenvalue weighted by Gasteiger charge is 2.23. The molecule has 0 aromatic carbocycles. The van der Waals surface area contributed by atoms with Gasteiger partial charge < -0.3 is 0 Å². The molecule has 0 fully saturated rings. The average Bonchev–Trinajstić information content (AvgIpc) is 4.47. The van der Waals surface area contributed by atoms with Gasteiger partial charge >= 0.3 is 0 Å². The van der Waals surface area contributed by atoms with Gasteiger partial charge in [-0.15, -0.1) is 55.5 Å². The van der Waals surface area contributed by atoms with E-state index in [2.05, 4.69) is 85.7 Å². The van der Waals surface area contributed by atoms with E-state index in [-0.39, 0.29) is 0 Å². The van der Waals surface area contributed by atoms with Gasteiger partial charge in [0.25, 0.3) is 0 Å². The van der Waals surface area contributed by atoms with Crippen LogP contribution in [0.2, 0.25) is 0 Å². The van der Waals surface area contributed by atoms with Gasteiger partial charge in [-0.2, -0.15) is 5.10 Å². The summed E-state index contributed by atoms with van der Waals surface area (Å²) in [6, 6.07) is 14.8. The summed E-state index contributed by atoms with van der Waals surface area (Å²) in [4.78, 5) is 11.2. The van der Waals surface area contributed by atoms with Crippen molar-refractivity contribution in [1.82, 2.24) is 19.8 Å². The van der Waals surface area contributed by atoms with Crippen LogP contribution in [-0.2, 0) is 12.8 Å². The number of aromatic nitrogens is 4. The Morgan fingerprint density at radius 2 is 0.709 bits per heavy atom. The zero-order chi connectivity index (χ0) is 55.5. The molecule has 79 heavy (non-hydrogen) atoms. The van der Waals surface area contributed by atoms with E-state index >= 15 is 0 Å². The molecule has 6 aromatic heterocycles. The lowest BCUT2D eigenvalue weighted by Crippen LogP contribution is -2.05. The van der Waals surface area contributed by atoms with Gasteiger partial charge in [0, 0.05) is 34.1 Å². The van der Waals surface area contributed by atoms with E-state index in [0.29, 0.717) is 5.92 Å². The summed E-state index contributed by atoms with van der Waals surface area (Å²) < 4.78 is 5.45. The number of rotatable bonds is 48. The number of thiophene rings is 4. The monoisotopic (exact) mass is 1170 g/mol. The lowest BCUT2D eigenvalue weighted by molar-refractivity contribution is 0.400. The van der Waals surface area contributed by atoms with Crippen molar-refractivity contribution in [2.75, 3.05) is 0 Å². The minimum absolute atomic E-state index is 0.693.